The normalized spacial score (nSPS) is 10.6. The standard InChI is InChI=1S/C6H5NO6S/c8-6(13-14(9,10)11)12-5-2-1-3-7-4-5/h1-4H,(H,9,10,11). The van der Waals surface area contributed by atoms with E-state index in [1.807, 2.05) is 0 Å². The van der Waals surface area contributed by atoms with Crippen LogP contribution in [0.1, 0.15) is 0 Å². The molecule has 8 heteroatoms. The van der Waals surface area contributed by atoms with E-state index in [0.29, 0.717) is 0 Å². The molecule has 1 N–H and O–H groups in total. The smallest absolute Gasteiger partial charge is 0.392 e. The highest BCUT2D eigenvalue weighted by Crippen LogP contribution is 2.07. The first-order valence-electron chi connectivity index (χ1n) is 3.26. The van der Waals surface area contributed by atoms with Crippen LogP contribution in [0.25, 0.3) is 0 Å². The van der Waals surface area contributed by atoms with Crippen LogP contribution in [0.5, 0.6) is 5.75 Å². The van der Waals surface area contributed by atoms with Gasteiger partial charge in [-0.15, -0.1) is 0 Å². The molecule has 14 heavy (non-hydrogen) atoms. The lowest BCUT2D eigenvalue weighted by molar-refractivity contribution is 0.148. The number of pyridine rings is 1. The summed E-state index contributed by atoms with van der Waals surface area (Å²) in [6.45, 7) is 0. The molecule has 0 amide bonds. The quantitative estimate of drug-likeness (QED) is 0.567. The zero-order valence-electron chi connectivity index (χ0n) is 6.65. The fourth-order valence-electron chi connectivity index (χ4n) is 0.607. The molecule has 7 nitrogen and oxygen atoms in total. The molecule has 0 aliphatic carbocycles. The molecule has 0 radical (unpaired) electrons. The minimum absolute atomic E-state index is 0.00106. The van der Waals surface area contributed by atoms with Crippen LogP contribution in [0.15, 0.2) is 24.5 Å². The van der Waals surface area contributed by atoms with Gasteiger partial charge in [0.05, 0.1) is 6.20 Å². The Morgan fingerprint density at radius 3 is 2.71 bits per heavy atom. The number of ether oxygens (including phenoxy) is 1. The van der Waals surface area contributed by atoms with Crippen molar-refractivity contribution in [3.8, 4) is 5.75 Å². The van der Waals surface area contributed by atoms with E-state index >= 15 is 0 Å². The van der Waals surface area contributed by atoms with Crippen molar-refractivity contribution in [3.63, 3.8) is 0 Å². The Labute approximate surface area is 79.2 Å². The predicted octanol–water partition coefficient (Wildman–Crippen LogP) is 0.400. The van der Waals surface area contributed by atoms with Crippen LogP contribution < -0.4 is 4.74 Å². The molecule has 0 fully saturated rings. The van der Waals surface area contributed by atoms with E-state index in [9.17, 15) is 13.2 Å². The number of carbonyl (C=O) groups excluding carboxylic acids is 1. The van der Waals surface area contributed by atoms with Crippen molar-refractivity contribution in [1.82, 2.24) is 4.98 Å². The Hall–Kier alpha value is -1.67. The minimum Gasteiger partial charge on any atom is -0.392 e. The second-order valence-corrected chi connectivity index (χ2v) is 3.07. The summed E-state index contributed by atoms with van der Waals surface area (Å²) in [5.41, 5.74) is 0. The third-order valence-corrected chi connectivity index (χ3v) is 1.36. The summed E-state index contributed by atoms with van der Waals surface area (Å²) in [6, 6.07) is 2.83. The number of hydrogen-bond donors (Lipinski definition) is 1. The van der Waals surface area contributed by atoms with Gasteiger partial charge in [-0.3, -0.25) is 13.7 Å². The summed E-state index contributed by atoms with van der Waals surface area (Å²) in [4.78, 5) is 14.2. The molecular weight excluding hydrogens is 214 g/mol. The number of hydrogen-bond acceptors (Lipinski definition) is 6. The lowest BCUT2D eigenvalue weighted by atomic mass is 10.5. The third-order valence-electron chi connectivity index (χ3n) is 1.01. The van der Waals surface area contributed by atoms with Crippen LogP contribution in [-0.4, -0.2) is 24.1 Å². The molecule has 0 spiro atoms. The maximum atomic E-state index is 10.6. The van der Waals surface area contributed by atoms with Gasteiger partial charge in [0.1, 0.15) is 0 Å². The SMILES string of the molecule is O=C(Oc1cccnc1)OS(=O)(=O)O. The minimum atomic E-state index is -4.84. The van der Waals surface area contributed by atoms with Crippen LogP contribution in [-0.2, 0) is 14.6 Å². The van der Waals surface area contributed by atoms with Gasteiger partial charge in [-0.2, -0.15) is 8.42 Å². The van der Waals surface area contributed by atoms with Crippen molar-refractivity contribution in [1.29, 1.82) is 0 Å². The first kappa shape index (κ1) is 10.4. The fourth-order valence-corrected chi connectivity index (χ4v) is 0.813. The Kier molecular flexibility index (Phi) is 2.99. The number of rotatable bonds is 2. The molecule has 0 aliphatic rings. The van der Waals surface area contributed by atoms with Gasteiger partial charge in [-0.25, -0.2) is 4.79 Å². The fraction of sp³-hybridized carbons (Fsp3) is 0. The highest BCUT2D eigenvalue weighted by atomic mass is 32.3. The maximum absolute atomic E-state index is 10.6. The highest BCUT2D eigenvalue weighted by Gasteiger charge is 2.15. The molecule has 1 heterocycles. The Balaban J connectivity index is 2.59. The molecule has 76 valence electrons. The summed E-state index contributed by atoms with van der Waals surface area (Å²) in [5.74, 6) is 0.00106. The van der Waals surface area contributed by atoms with Crippen molar-refractivity contribution in [2.75, 3.05) is 0 Å². The van der Waals surface area contributed by atoms with Gasteiger partial charge in [0.15, 0.2) is 5.75 Å². The van der Waals surface area contributed by atoms with Crippen LogP contribution in [0.2, 0.25) is 0 Å². The summed E-state index contributed by atoms with van der Waals surface area (Å²) >= 11 is 0. The number of aromatic nitrogens is 1. The molecule has 1 aromatic rings. The second kappa shape index (κ2) is 4.03. The molecule has 1 aromatic heterocycles. The van der Waals surface area contributed by atoms with E-state index in [2.05, 4.69) is 13.9 Å². The molecule has 0 atom stereocenters. The largest absolute Gasteiger partial charge is 0.531 e. The van der Waals surface area contributed by atoms with Gasteiger partial charge in [-0.1, -0.05) is 0 Å². The molecule has 1 rings (SSSR count). The average Bonchev–Trinajstić information content (AvgIpc) is 2.02. The summed E-state index contributed by atoms with van der Waals surface area (Å²) in [7, 11) is -4.84. The highest BCUT2D eigenvalue weighted by molar-refractivity contribution is 7.81. The molecule has 0 saturated carbocycles. The topological polar surface area (TPSA) is 103 Å². The number of carbonyl (C=O) groups is 1. The van der Waals surface area contributed by atoms with Crippen molar-refractivity contribution in [2.45, 2.75) is 0 Å². The Morgan fingerprint density at radius 1 is 1.50 bits per heavy atom. The monoisotopic (exact) mass is 219 g/mol. The first-order chi connectivity index (χ1) is 6.47. The third kappa shape index (κ3) is 3.83. The van der Waals surface area contributed by atoms with Gasteiger partial charge in [0, 0.05) is 6.20 Å². The zero-order valence-corrected chi connectivity index (χ0v) is 7.47. The lowest BCUT2D eigenvalue weighted by Gasteiger charge is -2.00. The summed E-state index contributed by atoms with van der Waals surface area (Å²) in [5, 5.41) is 0. The van der Waals surface area contributed by atoms with Gasteiger partial charge in [-0.05, 0) is 12.1 Å². The summed E-state index contributed by atoms with van der Waals surface area (Å²) < 4.78 is 36.0. The predicted molar refractivity (Wildman–Crippen MR) is 42.9 cm³/mol. The molecule has 0 aliphatic heterocycles. The number of nitrogens with zero attached hydrogens (tertiary/aromatic N) is 1. The van der Waals surface area contributed by atoms with E-state index in [0.717, 1.165) is 0 Å². The van der Waals surface area contributed by atoms with Crippen molar-refractivity contribution in [2.24, 2.45) is 0 Å². The molecular formula is C6H5NO6S. The van der Waals surface area contributed by atoms with Gasteiger partial charge >= 0.3 is 16.6 Å². The van der Waals surface area contributed by atoms with Crippen LogP contribution in [0, 0.1) is 0 Å². The molecule has 0 bridgehead atoms. The maximum Gasteiger partial charge on any atom is 0.531 e. The first-order valence-corrected chi connectivity index (χ1v) is 4.62. The molecule has 0 aromatic carbocycles. The Bertz CT molecular complexity index is 413. The Morgan fingerprint density at radius 2 is 2.21 bits per heavy atom. The van der Waals surface area contributed by atoms with Gasteiger partial charge < -0.3 is 4.74 Å². The van der Waals surface area contributed by atoms with Crippen molar-refractivity contribution < 1.29 is 26.7 Å². The van der Waals surface area contributed by atoms with Gasteiger partial charge in [0.2, 0.25) is 0 Å². The van der Waals surface area contributed by atoms with E-state index in [1.54, 1.807) is 0 Å². The van der Waals surface area contributed by atoms with Gasteiger partial charge in [0.25, 0.3) is 0 Å². The summed E-state index contributed by atoms with van der Waals surface area (Å²) in [6.07, 6.45) is 1.05. The van der Waals surface area contributed by atoms with E-state index < -0.39 is 16.6 Å². The lowest BCUT2D eigenvalue weighted by Crippen LogP contribution is -2.15. The van der Waals surface area contributed by atoms with E-state index in [4.69, 9.17) is 4.55 Å². The van der Waals surface area contributed by atoms with Crippen LogP contribution in [0.4, 0.5) is 4.79 Å². The van der Waals surface area contributed by atoms with E-state index in [-0.39, 0.29) is 5.75 Å². The van der Waals surface area contributed by atoms with E-state index in [1.165, 1.54) is 24.5 Å². The average molecular weight is 219 g/mol. The van der Waals surface area contributed by atoms with Crippen LogP contribution >= 0.6 is 0 Å². The van der Waals surface area contributed by atoms with Crippen LogP contribution in [0.3, 0.4) is 0 Å². The molecule has 0 unspecified atom stereocenters. The second-order valence-electron chi connectivity index (χ2n) is 2.05. The zero-order chi connectivity index (χ0) is 10.6. The van der Waals surface area contributed by atoms with Crippen molar-refractivity contribution in [3.05, 3.63) is 24.5 Å². The van der Waals surface area contributed by atoms with Crippen molar-refractivity contribution >= 4 is 16.6 Å². The molecule has 0 saturated heterocycles.